The minimum atomic E-state index is -0.997. The molecule has 1 fully saturated rings. The number of hydrogen-bond donors (Lipinski definition) is 1. The maximum atomic E-state index is 11.3. The molecule has 0 saturated heterocycles. The normalized spacial score (nSPS) is 18.9. The van der Waals surface area contributed by atoms with Gasteiger partial charge in [0.15, 0.2) is 0 Å². The van der Waals surface area contributed by atoms with Crippen LogP contribution >= 0.6 is 0 Å². The molecule has 0 unspecified atom stereocenters. The van der Waals surface area contributed by atoms with Crippen molar-refractivity contribution < 1.29 is 14.7 Å². The highest BCUT2D eigenvalue weighted by Gasteiger charge is 2.17. The number of Topliss-reactive ketones (excluding diaryl/α,β-unsaturated/α-hetero) is 1. The minimum Gasteiger partial charge on any atom is -0.481 e. The highest BCUT2D eigenvalue weighted by Crippen LogP contribution is 2.25. The van der Waals surface area contributed by atoms with Gasteiger partial charge in [0.2, 0.25) is 0 Å². The van der Waals surface area contributed by atoms with E-state index in [1.165, 1.54) is 25.7 Å². The van der Waals surface area contributed by atoms with E-state index in [1.807, 2.05) is 0 Å². The Kier molecular flexibility index (Phi) is 4.63. The minimum absolute atomic E-state index is 0.107. The van der Waals surface area contributed by atoms with E-state index in [1.54, 1.807) is 0 Å². The van der Waals surface area contributed by atoms with Crippen molar-refractivity contribution in [1.29, 1.82) is 0 Å². The third kappa shape index (κ3) is 4.40. The Morgan fingerprint density at radius 3 is 2.14 bits per heavy atom. The zero-order valence-corrected chi connectivity index (χ0v) is 8.50. The second-order valence-corrected chi connectivity index (χ2v) is 4.17. The van der Waals surface area contributed by atoms with Gasteiger partial charge in [-0.2, -0.15) is 0 Å². The first-order valence-electron chi connectivity index (χ1n) is 5.42. The second kappa shape index (κ2) is 5.78. The molecule has 1 aliphatic carbocycles. The van der Waals surface area contributed by atoms with Crippen LogP contribution in [0.1, 0.15) is 51.4 Å². The van der Waals surface area contributed by atoms with Gasteiger partial charge in [-0.25, -0.2) is 0 Å². The summed E-state index contributed by atoms with van der Waals surface area (Å²) >= 11 is 0. The average molecular weight is 198 g/mol. The molecular formula is C11H18O3. The third-order valence-electron chi connectivity index (χ3n) is 2.84. The van der Waals surface area contributed by atoms with Crippen LogP contribution in [0.4, 0.5) is 0 Å². The molecule has 0 atom stereocenters. The van der Waals surface area contributed by atoms with E-state index in [2.05, 4.69) is 0 Å². The summed E-state index contributed by atoms with van der Waals surface area (Å²) in [6, 6.07) is 0. The first-order valence-corrected chi connectivity index (χ1v) is 5.42. The quantitative estimate of drug-likeness (QED) is 0.557. The van der Waals surface area contributed by atoms with Crippen molar-refractivity contribution in [3.63, 3.8) is 0 Å². The van der Waals surface area contributed by atoms with Crippen LogP contribution in [0.25, 0.3) is 0 Å². The second-order valence-electron chi connectivity index (χ2n) is 4.17. The fourth-order valence-electron chi connectivity index (χ4n) is 2.13. The zero-order chi connectivity index (χ0) is 10.4. The Balaban J connectivity index is 2.27. The number of carbonyl (C=O) groups excluding carboxylic acids is 1. The van der Waals surface area contributed by atoms with Crippen molar-refractivity contribution in [1.82, 2.24) is 0 Å². The van der Waals surface area contributed by atoms with E-state index in [4.69, 9.17) is 5.11 Å². The smallest absolute Gasteiger partial charge is 0.310 e. The standard InChI is InChI=1S/C11H18O3/c12-10(8-11(13)14)7-9-5-3-1-2-4-6-9/h9H,1-8H2,(H,13,14). The van der Waals surface area contributed by atoms with Crippen LogP contribution in [0.2, 0.25) is 0 Å². The summed E-state index contributed by atoms with van der Waals surface area (Å²) in [5, 5.41) is 8.45. The van der Waals surface area contributed by atoms with Gasteiger partial charge in [-0.3, -0.25) is 9.59 Å². The van der Waals surface area contributed by atoms with E-state index in [-0.39, 0.29) is 12.2 Å². The number of carboxylic acid groups (broad SMARTS) is 1. The van der Waals surface area contributed by atoms with Crippen LogP contribution in [0.5, 0.6) is 0 Å². The molecule has 1 rings (SSSR count). The lowest BCUT2D eigenvalue weighted by Gasteiger charge is -2.11. The van der Waals surface area contributed by atoms with Gasteiger partial charge in [0.1, 0.15) is 12.2 Å². The summed E-state index contributed by atoms with van der Waals surface area (Å²) in [4.78, 5) is 21.6. The molecule has 0 bridgehead atoms. The number of carboxylic acids is 1. The lowest BCUT2D eigenvalue weighted by molar-refractivity contribution is -0.140. The largest absolute Gasteiger partial charge is 0.481 e. The summed E-state index contributed by atoms with van der Waals surface area (Å²) in [5.74, 6) is -0.655. The Morgan fingerprint density at radius 2 is 1.64 bits per heavy atom. The molecule has 80 valence electrons. The van der Waals surface area contributed by atoms with Crippen molar-refractivity contribution in [3.8, 4) is 0 Å². The molecule has 0 spiro atoms. The summed E-state index contributed by atoms with van der Waals surface area (Å²) in [7, 11) is 0. The molecule has 3 heteroatoms. The Bertz CT molecular complexity index is 203. The van der Waals surface area contributed by atoms with Crippen LogP contribution < -0.4 is 0 Å². The lowest BCUT2D eigenvalue weighted by Crippen LogP contribution is -2.12. The Labute approximate surface area is 84.5 Å². The van der Waals surface area contributed by atoms with Gasteiger partial charge in [-0.05, 0) is 5.92 Å². The maximum Gasteiger partial charge on any atom is 0.310 e. The van der Waals surface area contributed by atoms with Gasteiger partial charge < -0.3 is 5.11 Å². The molecule has 1 aliphatic rings. The monoisotopic (exact) mass is 198 g/mol. The maximum absolute atomic E-state index is 11.3. The molecule has 1 N–H and O–H groups in total. The predicted molar refractivity (Wildman–Crippen MR) is 53.1 cm³/mol. The molecular weight excluding hydrogens is 180 g/mol. The van der Waals surface area contributed by atoms with Crippen molar-refractivity contribution in [3.05, 3.63) is 0 Å². The number of carbonyl (C=O) groups is 2. The van der Waals surface area contributed by atoms with Gasteiger partial charge in [0.05, 0.1) is 0 Å². The summed E-state index contributed by atoms with van der Waals surface area (Å²) in [5.41, 5.74) is 0. The molecule has 0 aromatic heterocycles. The number of rotatable bonds is 4. The van der Waals surface area contributed by atoms with E-state index < -0.39 is 5.97 Å². The molecule has 14 heavy (non-hydrogen) atoms. The van der Waals surface area contributed by atoms with E-state index in [9.17, 15) is 9.59 Å². The summed E-state index contributed by atoms with van der Waals surface area (Å²) < 4.78 is 0. The van der Waals surface area contributed by atoms with Crippen LogP contribution in [0.15, 0.2) is 0 Å². The van der Waals surface area contributed by atoms with Crippen LogP contribution in [0, 0.1) is 5.92 Å². The fourth-order valence-corrected chi connectivity index (χ4v) is 2.13. The van der Waals surface area contributed by atoms with Crippen molar-refractivity contribution in [2.24, 2.45) is 5.92 Å². The van der Waals surface area contributed by atoms with Gasteiger partial charge in [0, 0.05) is 6.42 Å². The van der Waals surface area contributed by atoms with Gasteiger partial charge in [0.25, 0.3) is 0 Å². The SMILES string of the molecule is O=C(O)CC(=O)CC1CCCCCC1. The topological polar surface area (TPSA) is 54.4 Å². The van der Waals surface area contributed by atoms with Gasteiger partial charge in [-0.1, -0.05) is 38.5 Å². The summed E-state index contributed by atoms with van der Waals surface area (Å²) in [6.07, 6.45) is 7.32. The molecule has 0 amide bonds. The van der Waals surface area contributed by atoms with Crippen LogP contribution in [-0.4, -0.2) is 16.9 Å². The molecule has 0 aliphatic heterocycles. The van der Waals surface area contributed by atoms with Gasteiger partial charge >= 0.3 is 5.97 Å². The van der Waals surface area contributed by atoms with Crippen molar-refractivity contribution >= 4 is 11.8 Å². The van der Waals surface area contributed by atoms with Gasteiger partial charge in [-0.15, -0.1) is 0 Å². The first kappa shape index (κ1) is 11.2. The van der Waals surface area contributed by atoms with Crippen LogP contribution in [-0.2, 0) is 9.59 Å². The van der Waals surface area contributed by atoms with Crippen molar-refractivity contribution in [2.45, 2.75) is 51.4 Å². The predicted octanol–water partition coefficient (Wildman–Crippen LogP) is 2.39. The van der Waals surface area contributed by atoms with E-state index in [0.717, 1.165) is 12.8 Å². The number of ketones is 1. The molecule has 3 nitrogen and oxygen atoms in total. The molecule has 0 radical (unpaired) electrons. The molecule has 0 aromatic rings. The zero-order valence-electron chi connectivity index (χ0n) is 8.50. The average Bonchev–Trinajstić information content (AvgIpc) is 2.31. The Morgan fingerprint density at radius 1 is 1.07 bits per heavy atom. The molecule has 1 saturated carbocycles. The highest BCUT2D eigenvalue weighted by molar-refractivity contribution is 5.94. The van der Waals surface area contributed by atoms with Crippen molar-refractivity contribution in [2.75, 3.05) is 0 Å². The van der Waals surface area contributed by atoms with Crippen LogP contribution in [0.3, 0.4) is 0 Å². The highest BCUT2D eigenvalue weighted by atomic mass is 16.4. The third-order valence-corrected chi connectivity index (χ3v) is 2.84. The number of hydrogen-bond acceptors (Lipinski definition) is 2. The lowest BCUT2D eigenvalue weighted by atomic mass is 9.93. The van der Waals surface area contributed by atoms with E-state index in [0.29, 0.717) is 12.3 Å². The molecule has 0 heterocycles. The number of aliphatic carboxylic acids is 1. The van der Waals surface area contributed by atoms with E-state index >= 15 is 0 Å². The fraction of sp³-hybridized carbons (Fsp3) is 0.818. The first-order chi connectivity index (χ1) is 6.68. The molecule has 0 aromatic carbocycles. The Hall–Kier alpha value is -0.860. The summed E-state index contributed by atoms with van der Waals surface area (Å²) in [6.45, 7) is 0.